The number of benzene rings is 1. The van der Waals surface area contributed by atoms with Gasteiger partial charge in [-0.1, -0.05) is 12.1 Å². The van der Waals surface area contributed by atoms with Crippen LogP contribution < -0.4 is 11.1 Å². The van der Waals surface area contributed by atoms with Crippen molar-refractivity contribution in [2.45, 2.75) is 6.92 Å². The van der Waals surface area contributed by atoms with Crippen LogP contribution in [-0.4, -0.2) is 10.1 Å². The van der Waals surface area contributed by atoms with Gasteiger partial charge in [0.1, 0.15) is 0 Å². The summed E-state index contributed by atoms with van der Waals surface area (Å²) in [5.74, 6) is 0. The van der Waals surface area contributed by atoms with Gasteiger partial charge in [-0.05, 0) is 49.0 Å². The van der Waals surface area contributed by atoms with E-state index >= 15 is 0 Å². The Morgan fingerprint density at radius 3 is 2.82 bits per heavy atom. The van der Waals surface area contributed by atoms with E-state index in [1.807, 2.05) is 43.3 Å². The summed E-state index contributed by atoms with van der Waals surface area (Å²) in [6, 6.07) is 11.9. The van der Waals surface area contributed by atoms with Gasteiger partial charge in [-0.3, -0.25) is 4.98 Å². The Kier molecular flexibility index (Phi) is 3.35. The molecule has 0 radical (unpaired) electrons. The summed E-state index contributed by atoms with van der Waals surface area (Å²) in [5, 5.41) is 3.17. The molecule has 3 N–H and O–H groups in total. The van der Waals surface area contributed by atoms with E-state index in [2.05, 4.69) is 10.3 Å². The van der Waals surface area contributed by atoms with Crippen LogP contribution in [0, 0.1) is 6.92 Å². The standard InChI is InChI=1S/C13H13N3S/c1-9-5-6-15-12(7-9)10-3-2-4-11(8-10)16-13(14)17/h2-8H,1H3,(H3,14,16,17). The molecule has 0 aliphatic rings. The molecule has 2 rings (SSSR count). The number of anilines is 1. The van der Waals surface area contributed by atoms with Crippen LogP contribution in [-0.2, 0) is 0 Å². The fraction of sp³-hybridized carbons (Fsp3) is 0.0769. The van der Waals surface area contributed by atoms with E-state index in [1.54, 1.807) is 6.20 Å². The summed E-state index contributed by atoms with van der Waals surface area (Å²) >= 11 is 4.81. The van der Waals surface area contributed by atoms with E-state index < -0.39 is 0 Å². The number of pyridine rings is 1. The molecule has 1 heterocycles. The van der Waals surface area contributed by atoms with Crippen molar-refractivity contribution < 1.29 is 0 Å². The molecule has 0 atom stereocenters. The van der Waals surface area contributed by atoms with Gasteiger partial charge in [0.2, 0.25) is 0 Å². The van der Waals surface area contributed by atoms with Crippen molar-refractivity contribution in [3.8, 4) is 11.3 Å². The molecule has 3 nitrogen and oxygen atoms in total. The molecular weight excluding hydrogens is 230 g/mol. The number of hydrogen-bond acceptors (Lipinski definition) is 2. The number of nitrogens with zero attached hydrogens (tertiary/aromatic N) is 1. The first kappa shape index (κ1) is 11.5. The highest BCUT2D eigenvalue weighted by Gasteiger charge is 2.01. The maximum atomic E-state index is 5.44. The lowest BCUT2D eigenvalue weighted by molar-refractivity contribution is 1.29. The zero-order chi connectivity index (χ0) is 12.3. The average molecular weight is 243 g/mol. The van der Waals surface area contributed by atoms with E-state index in [4.69, 9.17) is 18.0 Å². The van der Waals surface area contributed by atoms with Crippen LogP contribution >= 0.6 is 12.2 Å². The zero-order valence-corrected chi connectivity index (χ0v) is 10.3. The third kappa shape index (κ3) is 3.01. The molecule has 0 saturated carbocycles. The lowest BCUT2D eigenvalue weighted by Crippen LogP contribution is -2.18. The highest BCUT2D eigenvalue weighted by Crippen LogP contribution is 2.21. The first-order valence-corrected chi connectivity index (χ1v) is 5.65. The van der Waals surface area contributed by atoms with Crippen molar-refractivity contribution in [2.75, 3.05) is 5.32 Å². The van der Waals surface area contributed by atoms with Gasteiger partial charge >= 0.3 is 0 Å². The molecular formula is C13H13N3S. The second-order valence-corrected chi connectivity index (χ2v) is 4.23. The monoisotopic (exact) mass is 243 g/mol. The molecule has 0 bridgehead atoms. The maximum Gasteiger partial charge on any atom is 0.168 e. The van der Waals surface area contributed by atoms with Crippen LogP contribution in [0.5, 0.6) is 0 Å². The Morgan fingerprint density at radius 1 is 1.29 bits per heavy atom. The van der Waals surface area contributed by atoms with Gasteiger partial charge in [0, 0.05) is 17.4 Å². The molecule has 0 fully saturated rings. The normalized spacial score (nSPS) is 9.94. The third-order valence-electron chi connectivity index (χ3n) is 2.34. The van der Waals surface area contributed by atoms with Crippen LogP contribution in [0.25, 0.3) is 11.3 Å². The summed E-state index contributed by atoms with van der Waals surface area (Å²) < 4.78 is 0. The number of nitrogens with two attached hydrogens (primary N) is 1. The summed E-state index contributed by atoms with van der Waals surface area (Å²) in [7, 11) is 0. The van der Waals surface area contributed by atoms with Gasteiger partial charge in [-0.15, -0.1) is 0 Å². The first-order chi connectivity index (χ1) is 8.15. The maximum absolute atomic E-state index is 5.44. The molecule has 2 aromatic rings. The smallest absolute Gasteiger partial charge is 0.168 e. The average Bonchev–Trinajstić information content (AvgIpc) is 2.28. The first-order valence-electron chi connectivity index (χ1n) is 5.25. The number of hydrogen-bond donors (Lipinski definition) is 2. The van der Waals surface area contributed by atoms with E-state index in [1.165, 1.54) is 5.56 Å². The Balaban J connectivity index is 2.36. The molecule has 0 saturated heterocycles. The van der Waals surface area contributed by atoms with Gasteiger partial charge < -0.3 is 11.1 Å². The summed E-state index contributed by atoms with van der Waals surface area (Å²) in [6.07, 6.45) is 1.80. The minimum atomic E-state index is 0.263. The quantitative estimate of drug-likeness (QED) is 0.796. The lowest BCUT2D eigenvalue weighted by Gasteiger charge is -2.06. The zero-order valence-electron chi connectivity index (χ0n) is 9.47. The van der Waals surface area contributed by atoms with Crippen LogP contribution in [0.4, 0.5) is 5.69 Å². The molecule has 0 spiro atoms. The minimum Gasteiger partial charge on any atom is -0.376 e. The minimum absolute atomic E-state index is 0.263. The van der Waals surface area contributed by atoms with E-state index in [0.717, 1.165) is 16.9 Å². The molecule has 0 amide bonds. The fourth-order valence-corrected chi connectivity index (χ4v) is 1.71. The molecule has 4 heteroatoms. The number of nitrogens with one attached hydrogen (secondary N) is 1. The molecule has 86 valence electrons. The Bertz CT molecular complexity index is 552. The van der Waals surface area contributed by atoms with Crippen LogP contribution in [0.1, 0.15) is 5.56 Å². The van der Waals surface area contributed by atoms with E-state index in [9.17, 15) is 0 Å². The molecule has 0 unspecified atom stereocenters. The summed E-state index contributed by atoms with van der Waals surface area (Å²) in [5.41, 5.74) is 9.48. The topological polar surface area (TPSA) is 50.9 Å². The van der Waals surface area contributed by atoms with Crippen LogP contribution in [0.15, 0.2) is 42.6 Å². The predicted octanol–water partition coefficient (Wildman–Crippen LogP) is 2.71. The Morgan fingerprint density at radius 2 is 2.12 bits per heavy atom. The van der Waals surface area contributed by atoms with Gasteiger partial charge in [-0.2, -0.15) is 0 Å². The van der Waals surface area contributed by atoms with E-state index in [0.29, 0.717) is 0 Å². The van der Waals surface area contributed by atoms with Crippen molar-refractivity contribution in [3.05, 3.63) is 48.2 Å². The van der Waals surface area contributed by atoms with Crippen molar-refractivity contribution in [3.63, 3.8) is 0 Å². The van der Waals surface area contributed by atoms with Gasteiger partial charge in [0.15, 0.2) is 5.11 Å². The van der Waals surface area contributed by atoms with Crippen molar-refractivity contribution >= 4 is 23.0 Å². The largest absolute Gasteiger partial charge is 0.376 e. The molecule has 17 heavy (non-hydrogen) atoms. The SMILES string of the molecule is Cc1ccnc(-c2cccc(NC(N)=S)c2)c1. The highest BCUT2D eigenvalue weighted by molar-refractivity contribution is 7.80. The second kappa shape index (κ2) is 4.93. The van der Waals surface area contributed by atoms with E-state index in [-0.39, 0.29) is 5.11 Å². The van der Waals surface area contributed by atoms with Crippen molar-refractivity contribution in [1.29, 1.82) is 0 Å². The highest BCUT2D eigenvalue weighted by atomic mass is 32.1. The molecule has 0 aliphatic heterocycles. The van der Waals surface area contributed by atoms with Gasteiger partial charge in [-0.25, -0.2) is 0 Å². The van der Waals surface area contributed by atoms with Crippen LogP contribution in [0.3, 0.4) is 0 Å². The summed E-state index contributed by atoms with van der Waals surface area (Å²) in [6.45, 7) is 2.04. The third-order valence-corrected chi connectivity index (χ3v) is 2.44. The van der Waals surface area contributed by atoms with Gasteiger partial charge in [0.25, 0.3) is 0 Å². The Hall–Kier alpha value is -1.94. The molecule has 1 aromatic carbocycles. The fourth-order valence-electron chi connectivity index (χ4n) is 1.59. The van der Waals surface area contributed by atoms with Crippen molar-refractivity contribution in [2.24, 2.45) is 5.73 Å². The second-order valence-electron chi connectivity index (χ2n) is 3.79. The Labute approximate surface area is 106 Å². The van der Waals surface area contributed by atoms with Crippen molar-refractivity contribution in [1.82, 2.24) is 4.98 Å². The number of thiocarbonyl (C=S) groups is 1. The number of aromatic nitrogens is 1. The molecule has 0 aliphatic carbocycles. The number of rotatable bonds is 2. The number of aryl methyl sites for hydroxylation is 1. The van der Waals surface area contributed by atoms with Gasteiger partial charge in [0.05, 0.1) is 5.69 Å². The summed E-state index contributed by atoms with van der Waals surface area (Å²) in [4.78, 5) is 4.34. The predicted molar refractivity (Wildman–Crippen MR) is 74.8 cm³/mol. The lowest BCUT2D eigenvalue weighted by atomic mass is 10.1. The molecule has 1 aromatic heterocycles. The van der Waals surface area contributed by atoms with Crippen LogP contribution in [0.2, 0.25) is 0 Å².